The van der Waals surface area contributed by atoms with E-state index in [1.54, 1.807) is 12.1 Å². The molecule has 2 aliphatic rings. The lowest BCUT2D eigenvalue weighted by Crippen LogP contribution is -2.29. The monoisotopic (exact) mass is 341 g/mol. The second-order valence-corrected chi connectivity index (χ2v) is 7.78. The average molecular weight is 341 g/mol. The molecule has 5 heteroatoms. The van der Waals surface area contributed by atoms with Gasteiger partial charge in [-0.2, -0.15) is 0 Å². The smallest absolute Gasteiger partial charge is 0.214 e. The second kappa shape index (κ2) is 6.07. The van der Waals surface area contributed by atoms with Crippen LogP contribution in [0, 0.1) is 17.7 Å². The van der Waals surface area contributed by atoms with E-state index in [-0.39, 0.29) is 11.9 Å². The van der Waals surface area contributed by atoms with Crippen LogP contribution in [0.2, 0.25) is 0 Å². The lowest BCUT2D eigenvalue weighted by atomic mass is 9.95. The summed E-state index contributed by atoms with van der Waals surface area (Å²) in [6.45, 7) is 6.01. The van der Waals surface area contributed by atoms with Crippen molar-refractivity contribution in [2.75, 3.05) is 13.1 Å². The van der Waals surface area contributed by atoms with Crippen LogP contribution in [0.15, 0.2) is 36.4 Å². The summed E-state index contributed by atoms with van der Waals surface area (Å²) in [6, 6.07) is 10.5. The second-order valence-electron chi connectivity index (χ2n) is 7.78. The quantitative estimate of drug-likeness (QED) is 0.878. The summed E-state index contributed by atoms with van der Waals surface area (Å²) >= 11 is 0. The molecular weight excluding hydrogens is 317 g/mol. The molecule has 1 aliphatic heterocycles. The fraction of sp³-hybridized carbons (Fsp3) is 0.450. The van der Waals surface area contributed by atoms with Crippen molar-refractivity contribution in [3.05, 3.63) is 59.0 Å². The van der Waals surface area contributed by atoms with E-state index >= 15 is 0 Å². The van der Waals surface area contributed by atoms with Crippen molar-refractivity contribution < 1.29 is 9.13 Å². The summed E-state index contributed by atoms with van der Waals surface area (Å²) in [7, 11) is 0. The first-order valence-electron chi connectivity index (χ1n) is 8.82. The van der Waals surface area contributed by atoms with Crippen molar-refractivity contribution >= 4 is 0 Å². The molecule has 2 aromatic rings. The molecule has 3 N–H and O–H groups in total. The third-order valence-corrected chi connectivity index (χ3v) is 5.17. The minimum Gasteiger partial charge on any atom is -0.474 e. The number of benzene rings is 1. The number of ether oxygens (including phenoxy) is 1. The number of hydrogen-bond donors (Lipinski definition) is 2. The van der Waals surface area contributed by atoms with Gasteiger partial charge in [-0.15, -0.1) is 0 Å². The van der Waals surface area contributed by atoms with Crippen LogP contribution in [0.25, 0.3) is 0 Å². The van der Waals surface area contributed by atoms with Crippen LogP contribution in [0.3, 0.4) is 0 Å². The molecule has 2 fully saturated rings. The summed E-state index contributed by atoms with van der Waals surface area (Å²) in [5, 5.41) is 3.37. The molecule has 1 saturated heterocycles. The highest BCUT2D eigenvalue weighted by Crippen LogP contribution is 2.44. The number of halogens is 1. The van der Waals surface area contributed by atoms with Gasteiger partial charge in [0.15, 0.2) is 0 Å². The number of pyridine rings is 1. The molecular formula is C20H24FN3O. The predicted octanol–water partition coefficient (Wildman–Crippen LogP) is 2.60. The summed E-state index contributed by atoms with van der Waals surface area (Å²) in [4.78, 5) is 4.68. The Labute approximate surface area is 147 Å². The number of rotatable bonds is 5. The molecule has 0 amide bonds. The molecule has 0 bridgehead atoms. The first-order chi connectivity index (χ1) is 11.9. The van der Waals surface area contributed by atoms with Crippen LogP contribution in [0.5, 0.6) is 5.88 Å². The van der Waals surface area contributed by atoms with E-state index < -0.39 is 5.54 Å². The van der Waals surface area contributed by atoms with Crippen LogP contribution in [0.1, 0.15) is 30.7 Å². The Balaban J connectivity index is 1.58. The molecule has 3 atom stereocenters. The molecule has 4 nitrogen and oxygen atoms in total. The average Bonchev–Trinajstić information content (AvgIpc) is 2.98. The van der Waals surface area contributed by atoms with Crippen molar-refractivity contribution in [2.45, 2.75) is 31.9 Å². The number of nitrogens with zero attached hydrogens (tertiary/aromatic N) is 1. The molecule has 132 valence electrons. The highest BCUT2D eigenvalue weighted by molar-refractivity contribution is 5.33. The van der Waals surface area contributed by atoms with Crippen LogP contribution >= 0.6 is 0 Å². The Bertz CT molecular complexity index is 760. The standard InChI is InChI=1S/C20H24FN3O/c1-20(2,22)13-8-15(7-12-3-5-14(21)6-4-12)24-18(9-13)25-19-16-10-23-11-17(16)19/h3-6,8-9,16-17,19,23H,7,10-11,22H2,1-2H3/t16-,17+,19+. The molecule has 0 unspecified atom stereocenters. The number of hydrogen-bond acceptors (Lipinski definition) is 4. The van der Waals surface area contributed by atoms with E-state index in [0.717, 1.165) is 29.9 Å². The normalized spacial score (nSPS) is 24.9. The lowest BCUT2D eigenvalue weighted by Gasteiger charge is -2.21. The zero-order valence-electron chi connectivity index (χ0n) is 14.6. The van der Waals surface area contributed by atoms with Gasteiger partial charge in [-0.25, -0.2) is 9.37 Å². The van der Waals surface area contributed by atoms with E-state index in [4.69, 9.17) is 10.5 Å². The van der Waals surface area contributed by atoms with Crippen molar-refractivity contribution in [3.63, 3.8) is 0 Å². The Hall–Kier alpha value is -1.98. The van der Waals surface area contributed by atoms with Crippen molar-refractivity contribution in [1.82, 2.24) is 10.3 Å². The SMILES string of the molecule is CC(C)(N)c1cc(Cc2ccc(F)cc2)nc(O[C@H]2[C@@H]3CNC[C@@H]32)c1. The molecule has 1 aromatic carbocycles. The summed E-state index contributed by atoms with van der Waals surface area (Å²) in [6.07, 6.45) is 0.892. The molecule has 25 heavy (non-hydrogen) atoms. The Morgan fingerprint density at radius 3 is 2.52 bits per heavy atom. The van der Waals surface area contributed by atoms with E-state index in [9.17, 15) is 4.39 Å². The van der Waals surface area contributed by atoms with Crippen LogP contribution < -0.4 is 15.8 Å². The predicted molar refractivity (Wildman–Crippen MR) is 94.9 cm³/mol. The number of piperidine rings is 1. The number of nitrogens with two attached hydrogens (primary N) is 1. The van der Waals surface area contributed by atoms with Crippen LogP contribution in [-0.2, 0) is 12.0 Å². The molecule has 0 spiro atoms. The first-order valence-corrected chi connectivity index (χ1v) is 8.82. The number of nitrogens with one attached hydrogen (secondary N) is 1. The Kier molecular flexibility index (Phi) is 4.01. The number of fused-ring (bicyclic) bond motifs is 1. The lowest BCUT2D eigenvalue weighted by molar-refractivity contribution is 0.250. The molecule has 1 aromatic heterocycles. The zero-order valence-corrected chi connectivity index (χ0v) is 14.6. The van der Waals surface area contributed by atoms with Gasteiger partial charge in [0, 0.05) is 48.6 Å². The minimum atomic E-state index is -0.473. The maximum atomic E-state index is 13.1. The maximum absolute atomic E-state index is 13.1. The maximum Gasteiger partial charge on any atom is 0.214 e. The van der Waals surface area contributed by atoms with E-state index in [1.807, 2.05) is 26.0 Å². The van der Waals surface area contributed by atoms with E-state index in [1.165, 1.54) is 12.1 Å². The topological polar surface area (TPSA) is 60.2 Å². The molecule has 1 saturated carbocycles. The van der Waals surface area contributed by atoms with Crippen molar-refractivity contribution in [3.8, 4) is 5.88 Å². The highest BCUT2D eigenvalue weighted by Gasteiger charge is 2.55. The van der Waals surface area contributed by atoms with Crippen LogP contribution in [0.4, 0.5) is 4.39 Å². The molecule has 2 heterocycles. The largest absolute Gasteiger partial charge is 0.474 e. The zero-order chi connectivity index (χ0) is 17.6. The third kappa shape index (κ3) is 3.53. The van der Waals surface area contributed by atoms with Gasteiger partial charge in [-0.3, -0.25) is 0 Å². The van der Waals surface area contributed by atoms with Gasteiger partial charge >= 0.3 is 0 Å². The van der Waals surface area contributed by atoms with Gasteiger partial charge in [0.05, 0.1) is 0 Å². The third-order valence-electron chi connectivity index (χ3n) is 5.17. The first kappa shape index (κ1) is 16.5. The number of aromatic nitrogens is 1. The summed E-state index contributed by atoms with van der Waals surface area (Å²) < 4.78 is 19.3. The van der Waals surface area contributed by atoms with Gasteiger partial charge in [-0.1, -0.05) is 12.1 Å². The van der Waals surface area contributed by atoms with Gasteiger partial charge in [-0.05, 0) is 43.2 Å². The summed E-state index contributed by atoms with van der Waals surface area (Å²) in [5.41, 5.74) is 8.73. The fourth-order valence-electron chi connectivity index (χ4n) is 3.57. The van der Waals surface area contributed by atoms with Crippen LogP contribution in [-0.4, -0.2) is 24.2 Å². The summed E-state index contributed by atoms with van der Waals surface area (Å²) in [5.74, 6) is 1.63. The van der Waals surface area contributed by atoms with E-state index in [0.29, 0.717) is 24.1 Å². The Morgan fingerprint density at radius 2 is 1.88 bits per heavy atom. The van der Waals surface area contributed by atoms with Gasteiger partial charge in [0.25, 0.3) is 0 Å². The molecule has 0 radical (unpaired) electrons. The fourth-order valence-corrected chi connectivity index (χ4v) is 3.57. The van der Waals surface area contributed by atoms with Gasteiger partial charge in [0.2, 0.25) is 5.88 Å². The van der Waals surface area contributed by atoms with Crippen molar-refractivity contribution in [2.24, 2.45) is 17.6 Å². The molecule has 4 rings (SSSR count). The van der Waals surface area contributed by atoms with Crippen molar-refractivity contribution in [1.29, 1.82) is 0 Å². The van der Waals surface area contributed by atoms with Gasteiger partial charge in [0.1, 0.15) is 11.9 Å². The van der Waals surface area contributed by atoms with E-state index in [2.05, 4.69) is 10.3 Å². The highest BCUT2D eigenvalue weighted by atomic mass is 19.1. The van der Waals surface area contributed by atoms with Gasteiger partial charge < -0.3 is 15.8 Å². The molecule has 1 aliphatic carbocycles. The Morgan fingerprint density at radius 1 is 1.20 bits per heavy atom. The minimum absolute atomic E-state index is 0.230.